The quantitative estimate of drug-likeness (QED) is 0.762. The Morgan fingerprint density at radius 1 is 1.18 bits per heavy atom. The molecule has 0 unspecified atom stereocenters. The molecule has 0 aliphatic rings. The predicted octanol–water partition coefficient (Wildman–Crippen LogP) is 3.04. The Morgan fingerprint density at radius 3 is 2.77 bits per heavy atom. The number of anilines is 1. The average molecular weight is 297 g/mol. The fraction of sp³-hybridized carbons (Fsp3) is 0.0625. The molecule has 0 bridgehead atoms. The second-order valence-electron chi connectivity index (χ2n) is 4.88. The highest BCUT2D eigenvalue weighted by molar-refractivity contribution is 6.07. The van der Waals surface area contributed by atoms with Gasteiger partial charge in [-0.05, 0) is 37.3 Å². The Morgan fingerprint density at radius 2 is 2.00 bits per heavy atom. The summed E-state index contributed by atoms with van der Waals surface area (Å²) in [7, 11) is 0. The van der Waals surface area contributed by atoms with Crippen LogP contribution in [0.3, 0.4) is 0 Å². The number of benzene rings is 2. The molecule has 2 aromatic carbocycles. The summed E-state index contributed by atoms with van der Waals surface area (Å²) in [5.74, 6) is -1.37. The summed E-state index contributed by atoms with van der Waals surface area (Å²) in [5.41, 5.74) is 1.48. The van der Waals surface area contributed by atoms with E-state index >= 15 is 0 Å². The van der Waals surface area contributed by atoms with Crippen molar-refractivity contribution in [3.63, 3.8) is 0 Å². The summed E-state index contributed by atoms with van der Waals surface area (Å²) in [4.78, 5) is 12.2. The van der Waals surface area contributed by atoms with Crippen molar-refractivity contribution in [3.8, 4) is 5.75 Å². The molecule has 0 saturated carbocycles. The molecule has 2 N–H and O–H groups in total. The number of nitrogens with one attached hydrogen (secondary N) is 1. The second-order valence-corrected chi connectivity index (χ2v) is 4.88. The molecular formula is C16H12FN3O2. The number of aromatic nitrogens is 2. The molecule has 0 aliphatic heterocycles. The summed E-state index contributed by atoms with van der Waals surface area (Å²) in [5, 5.41) is 20.8. The van der Waals surface area contributed by atoms with Gasteiger partial charge in [-0.2, -0.15) is 0 Å². The maximum Gasteiger partial charge on any atom is 0.280 e. The predicted molar refractivity (Wildman–Crippen MR) is 80.3 cm³/mol. The van der Waals surface area contributed by atoms with E-state index in [0.29, 0.717) is 10.9 Å². The lowest BCUT2D eigenvalue weighted by Crippen LogP contribution is -2.15. The fourth-order valence-corrected chi connectivity index (χ4v) is 2.12. The van der Waals surface area contributed by atoms with E-state index in [9.17, 15) is 14.3 Å². The van der Waals surface area contributed by atoms with Crippen LogP contribution in [-0.4, -0.2) is 21.2 Å². The molecule has 0 fully saturated rings. The Balaban J connectivity index is 1.99. The number of nitrogens with zero attached hydrogens (tertiary/aromatic N) is 2. The monoisotopic (exact) mass is 297 g/mol. The minimum atomic E-state index is -0.654. The van der Waals surface area contributed by atoms with Crippen LogP contribution in [0.4, 0.5) is 10.1 Å². The van der Waals surface area contributed by atoms with Crippen LogP contribution in [-0.2, 0) is 0 Å². The van der Waals surface area contributed by atoms with E-state index in [-0.39, 0.29) is 17.1 Å². The van der Waals surface area contributed by atoms with E-state index in [4.69, 9.17) is 0 Å². The molecule has 3 aromatic rings. The molecule has 6 heteroatoms. The van der Waals surface area contributed by atoms with Crippen LogP contribution in [0.25, 0.3) is 10.9 Å². The van der Waals surface area contributed by atoms with Crippen molar-refractivity contribution in [1.82, 2.24) is 10.2 Å². The van der Waals surface area contributed by atoms with Gasteiger partial charge in [0.1, 0.15) is 5.82 Å². The van der Waals surface area contributed by atoms with Gasteiger partial charge in [0, 0.05) is 11.1 Å². The third kappa shape index (κ3) is 2.58. The number of aryl methyl sites for hydroxylation is 1. The van der Waals surface area contributed by atoms with Gasteiger partial charge in [-0.25, -0.2) is 4.39 Å². The van der Waals surface area contributed by atoms with Crippen LogP contribution in [0, 0.1) is 12.7 Å². The first-order valence-electron chi connectivity index (χ1n) is 6.57. The molecule has 5 nitrogen and oxygen atoms in total. The number of carbonyl (C=O) groups is 1. The van der Waals surface area contributed by atoms with Crippen LogP contribution < -0.4 is 5.32 Å². The second kappa shape index (κ2) is 5.40. The number of fused-ring (bicyclic) bond motifs is 1. The number of rotatable bonds is 2. The third-order valence-electron chi connectivity index (χ3n) is 3.19. The fourth-order valence-electron chi connectivity index (χ4n) is 2.12. The van der Waals surface area contributed by atoms with Gasteiger partial charge in [0.25, 0.3) is 5.91 Å². The summed E-state index contributed by atoms with van der Waals surface area (Å²) in [6.07, 6.45) is 0. The van der Waals surface area contributed by atoms with Crippen LogP contribution >= 0.6 is 0 Å². The van der Waals surface area contributed by atoms with Gasteiger partial charge in [0.05, 0.1) is 5.52 Å². The zero-order valence-corrected chi connectivity index (χ0v) is 11.7. The van der Waals surface area contributed by atoms with Gasteiger partial charge >= 0.3 is 0 Å². The minimum absolute atomic E-state index is 0.206. The smallest absolute Gasteiger partial charge is 0.280 e. The SMILES string of the molecule is Cc1ccc2nnc(C(=O)Nc3cccc(F)c3)c(O)c2c1. The van der Waals surface area contributed by atoms with Gasteiger partial charge in [0.2, 0.25) is 0 Å². The lowest BCUT2D eigenvalue weighted by molar-refractivity contribution is 0.101. The van der Waals surface area contributed by atoms with Crippen molar-refractivity contribution in [2.24, 2.45) is 0 Å². The normalized spacial score (nSPS) is 10.6. The van der Waals surface area contributed by atoms with Crippen LogP contribution in [0.15, 0.2) is 42.5 Å². The molecule has 110 valence electrons. The first-order valence-corrected chi connectivity index (χ1v) is 6.57. The number of hydrogen-bond acceptors (Lipinski definition) is 4. The third-order valence-corrected chi connectivity index (χ3v) is 3.19. The molecule has 0 aliphatic carbocycles. The van der Waals surface area contributed by atoms with Crippen molar-refractivity contribution in [2.75, 3.05) is 5.32 Å². The summed E-state index contributed by atoms with van der Waals surface area (Å²) in [6.45, 7) is 1.87. The van der Waals surface area contributed by atoms with E-state index in [1.165, 1.54) is 24.3 Å². The van der Waals surface area contributed by atoms with Crippen LogP contribution in [0.1, 0.15) is 16.1 Å². The number of halogens is 1. The van der Waals surface area contributed by atoms with Crippen molar-refractivity contribution in [3.05, 3.63) is 59.5 Å². The molecule has 22 heavy (non-hydrogen) atoms. The zero-order chi connectivity index (χ0) is 15.7. The molecule has 3 rings (SSSR count). The molecule has 0 spiro atoms. The van der Waals surface area contributed by atoms with E-state index in [2.05, 4.69) is 15.5 Å². The summed E-state index contributed by atoms with van der Waals surface area (Å²) >= 11 is 0. The molecule has 1 heterocycles. The van der Waals surface area contributed by atoms with Gasteiger partial charge in [-0.1, -0.05) is 17.7 Å². The number of aromatic hydroxyl groups is 1. The maximum atomic E-state index is 13.1. The molecule has 0 atom stereocenters. The highest BCUT2D eigenvalue weighted by Crippen LogP contribution is 2.26. The maximum absolute atomic E-state index is 13.1. The van der Waals surface area contributed by atoms with Crippen LogP contribution in [0.5, 0.6) is 5.75 Å². The topological polar surface area (TPSA) is 75.1 Å². The van der Waals surface area contributed by atoms with Crippen LogP contribution in [0.2, 0.25) is 0 Å². The minimum Gasteiger partial charge on any atom is -0.505 e. The number of hydrogen-bond donors (Lipinski definition) is 2. The largest absolute Gasteiger partial charge is 0.505 e. The zero-order valence-electron chi connectivity index (χ0n) is 11.7. The van der Waals surface area contributed by atoms with Crippen molar-refractivity contribution < 1.29 is 14.3 Å². The van der Waals surface area contributed by atoms with Crippen molar-refractivity contribution in [1.29, 1.82) is 0 Å². The van der Waals surface area contributed by atoms with Crippen molar-refractivity contribution in [2.45, 2.75) is 6.92 Å². The molecule has 0 saturated heterocycles. The summed E-state index contributed by atoms with van der Waals surface area (Å²) < 4.78 is 13.1. The Labute approximate surface area is 125 Å². The molecular weight excluding hydrogens is 285 g/mol. The van der Waals surface area contributed by atoms with E-state index in [1.807, 2.05) is 13.0 Å². The number of carbonyl (C=O) groups excluding carboxylic acids is 1. The number of amides is 1. The Kier molecular flexibility index (Phi) is 3.42. The van der Waals surface area contributed by atoms with Gasteiger partial charge in [-0.3, -0.25) is 4.79 Å². The van der Waals surface area contributed by atoms with E-state index in [0.717, 1.165) is 5.56 Å². The Hall–Kier alpha value is -3.02. The van der Waals surface area contributed by atoms with Gasteiger partial charge < -0.3 is 10.4 Å². The van der Waals surface area contributed by atoms with E-state index < -0.39 is 11.7 Å². The lowest BCUT2D eigenvalue weighted by atomic mass is 10.1. The standard InChI is InChI=1S/C16H12FN3O2/c1-9-5-6-13-12(7-9)15(21)14(20-19-13)16(22)18-11-4-2-3-10(17)8-11/h2-8H,1H3,(H,18,22)(H,19,21). The first-order chi connectivity index (χ1) is 10.5. The highest BCUT2D eigenvalue weighted by atomic mass is 19.1. The molecule has 1 aromatic heterocycles. The van der Waals surface area contributed by atoms with E-state index in [1.54, 1.807) is 12.1 Å². The average Bonchev–Trinajstić information content (AvgIpc) is 2.48. The van der Waals surface area contributed by atoms with Gasteiger partial charge in [0.15, 0.2) is 11.4 Å². The molecule has 0 radical (unpaired) electrons. The first kappa shape index (κ1) is 13.9. The lowest BCUT2D eigenvalue weighted by Gasteiger charge is -2.08. The van der Waals surface area contributed by atoms with Crippen molar-refractivity contribution >= 4 is 22.5 Å². The summed E-state index contributed by atoms with van der Waals surface area (Å²) in [6, 6.07) is 10.7. The highest BCUT2D eigenvalue weighted by Gasteiger charge is 2.17. The molecule has 1 amide bonds. The van der Waals surface area contributed by atoms with Gasteiger partial charge in [-0.15, -0.1) is 10.2 Å². The Bertz CT molecular complexity index is 880.